The smallest absolute Gasteiger partial charge is 0.240 e. The molecule has 0 radical (unpaired) electrons. The summed E-state index contributed by atoms with van der Waals surface area (Å²) in [7, 11) is -3.84. The Hall–Kier alpha value is -1.24. The number of hydrogen-bond acceptors (Lipinski definition) is 4. The lowest BCUT2D eigenvalue weighted by atomic mass is 10.3. The van der Waals surface area contributed by atoms with Crippen molar-refractivity contribution in [2.75, 3.05) is 0 Å². The van der Waals surface area contributed by atoms with E-state index in [1.165, 1.54) is 24.5 Å². The van der Waals surface area contributed by atoms with Crippen molar-refractivity contribution >= 4 is 32.7 Å². The minimum absolute atomic E-state index is 0.113. The van der Waals surface area contributed by atoms with Crippen LogP contribution in [0.15, 0.2) is 29.4 Å². The van der Waals surface area contributed by atoms with Crippen LogP contribution in [0, 0.1) is 0 Å². The number of sulfonamides is 1. The van der Waals surface area contributed by atoms with E-state index in [-0.39, 0.29) is 15.4 Å². The maximum Gasteiger partial charge on any atom is 0.240 e. The Morgan fingerprint density at radius 2 is 1.87 bits per heavy atom. The third-order valence-corrected chi connectivity index (χ3v) is 2.95. The summed E-state index contributed by atoms with van der Waals surface area (Å²) in [5, 5.41) is 5.29. The zero-order chi connectivity index (χ0) is 11.1. The van der Waals surface area contributed by atoms with Gasteiger partial charge in [-0.3, -0.25) is 9.97 Å². The SMILES string of the molecule is NS(=O)(=O)c1cc(Cl)cc2nccnc12. The van der Waals surface area contributed by atoms with E-state index in [4.69, 9.17) is 16.7 Å². The van der Waals surface area contributed by atoms with Crippen molar-refractivity contribution in [3.63, 3.8) is 0 Å². The first-order chi connectivity index (χ1) is 6.98. The van der Waals surface area contributed by atoms with Gasteiger partial charge in [0.1, 0.15) is 10.4 Å². The highest BCUT2D eigenvalue weighted by Gasteiger charge is 2.15. The number of primary sulfonamides is 1. The quantitative estimate of drug-likeness (QED) is 0.807. The molecule has 0 fully saturated rings. The molecule has 1 heterocycles. The second kappa shape index (κ2) is 3.41. The molecule has 2 N–H and O–H groups in total. The Morgan fingerprint density at radius 3 is 2.53 bits per heavy atom. The molecular formula is C8H6ClN3O2S. The summed E-state index contributed by atoms with van der Waals surface area (Å²) in [4.78, 5) is 7.74. The van der Waals surface area contributed by atoms with Gasteiger partial charge < -0.3 is 0 Å². The highest BCUT2D eigenvalue weighted by atomic mass is 35.5. The molecule has 0 aliphatic heterocycles. The van der Waals surface area contributed by atoms with Crippen LogP contribution in [0.1, 0.15) is 0 Å². The fraction of sp³-hybridized carbons (Fsp3) is 0. The lowest BCUT2D eigenvalue weighted by Gasteiger charge is -2.03. The largest absolute Gasteiger partial charge is 0.253 e. The molecule has 0 aliphatic carbocycles. The highest BCUT2D eigenvalue weighted by Crippen LogP contribution is 2.23. The summed E-state index contributed by atoms with van der Waals surface area (Å²) in [6, 6.07) is 2.78. The van der Waals surface area contributed by atoms with E-state index in [1.54, 1.807) is 0 Å². The maximum atomic E-state index is 11.3. The van der Waals surface area contributed by atoms with Crippen molar-refractivity contribution < 1.29 is 8.42 Å². The molecular weight excluding hydrogens is 238 g/mol. The van der Waals surface area contributed by atoms with Crippen molar-refractivity contribution in [1.82, 2.24) is 9.97 Å². The molecule has 5 nitrogen and oxygen atoms in total. The van der Waals surface area contributed by atoms with Crippen molar-refractivity contribution in [3.8, 4) is 0 Å². The van der Waals surface area contributed by atoms with Gasteiger partial charge in [-0.25, -0.2) is 13.6 Å². The molecule has 2 rings (SSSR count). The molecule has 15 heavy (non-hydrogen) atoms. The number of benzene rings is 1. The predicted octanol–water partition coefficient (Wildman–Crippen LogP) is 0.931. The maximum absolute atomic E-state index is 11.3. The van der Waals surface area contributed by atoms with E-state index in [2.05, 4.69) is 9.97 Å². The summed E-state index contributed by atoms with van der Waals surface area (Å²) >= 11 is 5.74. The second-order valence-electron chi connectivity index (χ2n) is 2.87. The van der Waals surface area contributed by atoms with Gasteiger partial charge in [-0.2, -0.15) is 0 Å². The van der Waals surface area contributed by atoms with Gasteiger partial charge in [-0.05, 0) is 12.1 Å². The molecule has 2 aromatic rings. The Morgan fingerprint density at radius 1 is 1.20 bits per heavy atom. The second-order valence-corrected chi connectivity index (χ2v) is 4.84. The molecule has 1 aromatic carbocycles. The van der Waals surface area contributed by atoms with Gasteiger partial charge in [0.25, 0.3) is 0 Å². The van der Waals surface area contributed by atoms with E-state index in [1.807, 2.05) is 0 Å². The van der Waals surface area contributed by atoms with Crippen LogP contribution >= 0.6 is 11.6 Å². The summed E-state index contributed by atoms with van der Waals surface area (Å²) in [5.74, 6) is 0. The summed E-state index contributed by atoms with van der Waals surface area (Å²) in [6.45, 7) is 0. The molecule has 0 atom stereocenters. The average Bonchev–Trinajstić information content (AvgIpc) is 2.15. The van der Waals surface area contributed by atoms with E-state index in [0.29, 0.717) is 5.52 Å². The number of aromatic nitrogens is 2. The van der Waals surface area contributed by atoms with Crippen LogP contribution in [0.3, 0.4) is 0 Å². The van der Waals surface area contributed by atoms with Gasteiger partial charge in [-0.1, -0.05) is 11.6 Å². The molecule has 0 aliphatic rings. The average molecular weight is 244 g/mol. The molecule has 0 unspecified atom stereocenters. The molecule has 0 bridgehead atoms. The molecule has 7 heteroatoms. The lowest BCUT2D eigenvalue weighted by Crippen LogP contribution is -2.13. The Labute approximate surface area is 91.0 Å². The Balaban J connectivity index is 2.96. The monoisotopic (exact) mass is 243 g/mol. The minimum atomic E-state index is -3.84. The number of nitrogens with zero attached hydrogens (tertiary/aromatic N) is 2. The topological polar surface area (TPSA) is 85.9 Å². The lowest BCUT2D eigenvalue weighted by molar-refractivity contribution is 0.598. The van der Waals surface area contributed by atoms with E-state index < -0.39 is 10.0 Å². The first-order valence-corrected chi connectivity index (χ1v) is 5.84. The van der Waals surface area contributed by atoms with Gasteiger partial charge in [0.2, 0.25) is 10.0 Å². The third-order valence-electron chi connectivity index (χ3n) is 1.81. The first-order valence-electron chi connectivity index (χ1n) is 3.91. The van der Waals surface area contributed by atoms with Crippen molar-refractivity contribution in [1.29, 1.82) is 0 Å². The molecule has 0 saturated carbocycles. The fourth-order valence-corrected chi connectivity index (χ4v) is 2.22. The molecule has 78 valence electrons. The zero-order valence-corrected chi connectivity index (χ0v) is 8.96. The summed E-state index contributed by atoms with van der Waals surface area (Å²) < 4.78 is 22.5. The summed E-state index contributed by atoms with van der Waals surface area (Å²) in [6.07, 6.45) is 2.84. The number of fused-ring (bicyclic) bond motifs is 1. The first kappa shape index (κ1) is 10.3. The zero-order valence-electron chi connectivity index (χ0n) is 7.38. The number of halogens is 1. The minimum Gasteiger partial charge on any atom is -0.253 e. The fourth-order valence-electron chi connectivity index (χ4n) is 1.23. The number of rotatable bonds is 1. The van der Waals surface area contributed by atoms with Crippen LogP contribution in [-0.4, -0.2) is 18.4 Å². The van der Waals surface area contributed by atoms with E-state index >= 15 is 0 Å². The van der Waals surface area contributed by atoms with Crippen molar-refractivity contribution in [2.24, 2.45) is 5.14 Å². The van der Waals surface area contributed by atoms with Crippen LogP contribution in [0.25, 0.3) is 11.0 Å². The molecule has 1 aromatic heterocycles. The summed E-state index contributed by atoms with van der Waals surface area (Å²) in [5.41, 5.74) is 0.624. The van der Waals surface area contributed by atoms with Crippen molar-refractivity contribution in [3.05, 3.63) is 29.5 Å². The van der Waals surface area contributed by atoms with Crippen LogP contribution in [0.5, 0.6) is 0 Å². The van der Waals surface area contributed by atoms with E-state index in [9.17, 15) is 8.42 Å². The van der Waals surface area contributed by atoms with Crippen molar-refractivity contribution in [2.45, 2.75) is 4.90 Å². The highest BCUT2D eigenvalue weighted by molar-refractivity contribution is 7.89. The van der Waals surface area contributed by atoms with Gasteiger partial charge in [0.05, 0.1) is 5.52 Å². The van der Waals surface area contributed by atoms with Gasteiger partial charge in [0.15, 0.2) is 0 Å². The van der Waals surface area contributed by atoms with Crippen LogP contribution in [0.4, 0.5) is 0 Å². The van der Waals surface area contributed by atoms with E-state index in [0.717, 1.165) is 0 Å². The number of hydrogen-bond donors (Lipinski definition) is 1. The standard InChI is InChI=1S/C8H6ClN3O2S/c9-5-3-6-8(12-2-1-11-6)7(4-5)15(10,13)14/h1-4H,(H2,10,13,14). The predicted molar refractivity (Wildman–Crippen MR) is 55.9 cm³/mol. The normalized spacial score (nSPS) is 11.9. The molecule has 0 saturated heterocycles. The molecule has 0 amide bonds. The van der Waals surface area contributed by atoms with Gasteiger partial charge in [0, 0.05) is 17.4 Å². The van der Waals surface area contributed by atoms with Gasteiger partial charge >= 0.3 is 0 Å². The van der Waals surface area contributed by atoms with Gasteiger partial charge in [-0.15, -0.1) is 0 Å². The molecule has 0 spiro atoms. The van der Waals surface area contributed by atoms with Crippen LogP contribution in [0.2, 0.25) is 5.02 Å². The van der Waals surface area contributed by atoms with Crippen LogP contribution in [-0.2, 0) is 10.0 Å². The van der Waals surface area contributed by atoms with Crippen LogP contribution < -0.4 is 5.14 Å². The number of nitrogens with two attached hydrogens (primary N) is 1. The third kappa shape index (κ3) is 1.92. The Kier molecular flexibility index (Phi) is 2.34. The Bertz CT molecular complexity index is 627.